The fraction of sp³-hybridized carbons (Fsp3) is 0.391. The van der Waals surface area contributed by atoms with Crippen LogP contribution in [-0.2, 0) is 4.79 Å². The van der Waals surface area contributed by atoms with Crippen molar-refractivity contribution in [2.75, 3.05) is 19.5 Å². The maximum Gasteiger partial charge on any atom is 0.252 e. The molecule has 0 aliphatic heterocycles. The quantitative estimate of drug-likeness (QED) is 0.698. The third-order valence-electron chi connectivity index (χ3n) is 4.67. The second kappa shape index (κ2) is 9.96. The molecule has 0 fully saturated rings. The minimum atomic E-state index is -0.692. The van der Waals surface area contributed by atoms with Gasteiger partial charge in [0.05, 0.1) is 14.2 Å². The van der Waals surface area contributed by atoms with Gasteiger partial charge in [0.15, 0.2) is 0 Å². The second-order valence-corrected chi connectivity index (χ2v) is 7.57. The Labute approximate surface area is 172 Å². The number of hydrogen-bond donors (Lipinski definition) is 2. The van der Waals surface area contributed by atoms with E-state index in [1.807, 2.05) is 38.1 Å². The minimum absolute atomic E-state index is 0.0975. The molecular formula is C23H30N2O4. The molecule has 2 amide bonds. The van der Waals surface area contributed by atoms with E-state index < -0.39 is 6.04 Å². The van der Waals surface area contributed by atoms with Crippen molar-refractivity contribution in [3.05, 3.63) is 53.6 Å². The van der Waals surface area contributed by atoms with Crippen LogP contribution in [0.25, 0.3) is 0 Å². The van der Waals surface area contributed by atoms with Crippen molar-refractivity contribution in [1.29, 1.82) is 0 Å². The largest absolute Gasteiger partial charge is 0.497 e. The molecule has 2 N–H and O–H groups in total. The summed E-state index contributed by atoms with van der Waals surface area (Å²) in [5.74, 6) is 0.641. The van der Waals surface area contributed by atoms with Gasteiger partial charge in [0.2, 0.25) is 5.91 Å². The zero-order valence-corrected chi connectivity index (χ0v) is 17.9. The van der Waals surface area contributed by atoms with Crippen LogP contribution in [0.4, 0.5) is 5.69 Å². The van der Waals surface area contributed by atoms with Crippen molar-refractivity contribution in [2.45, 2.75) is 39.7 Å². The monoisotopic (exact) mass is 398 g/mol. The van der Waals surface area contributed by atoms with Crippen molar-refractivity contribution < 1.29 is 19.1 Å². The lowest BCUT2D eigenvalue weighted by Gasteiger charge is -2.22. The molecule has 0 aliphatic rings. The van der Waals surface area contributed by atoms with E-state index in [2.05, 4.69) is 24.5 Å². The Kier molecular flexibility index (Phi) is 7.65. The first-order valence-corrected chi connectivity index (χ1v) is 9.70. The summed E-state index contributed by atoms with van der Waals surface area (Å²) in [6.45, 7) is 7.98. The lowest BCUT2D eigenvalue weighted by Crippen LogP contribution is -2.47. The van der Waals surface area contributed by atoms with Gasteiger partial charge >= 0.3 is 0 Å². The van der Waals surface area contributed by atoms with E-state index in [9.17, 15) is 9.59 Å². The number of hydrogen-bond acceptors (Lipinski definition) is 4. The molecule has 2 aromatic rings. The van der Waals surface area contributed by atoms with E-state index in [1.165, 1.54) is 14.2 Å². The Hall–Kier alpha value is -3.02. The van der Waals surface area contributed by atoms with Gasteiger partial charge in [0, 0.05) is 17.3 Å². The number of methoxy groups -OCH3 is 2. The SMILES string of the molecule is COc1cc(OC)cc(C(=O)NC(C(=O)Nc2cccc(C(C)C)c2)C(C)C)c1. The van der Waals surface area contributed by atoms with Crippen molar-refractivity contribution in [1.82, 2.24) is 5.32 Å². The predicted octanol–water partition coefficient (Wildman–Crippen LogP) is 4.22. The average Bonchev–Trinajstić information content (AvgIpc) is 2.71. The van der Waals surface area contributed by atoms with Crippen LogP contribution < -0.4 is 20.1 Å². The summed E-state index contributed by atoms with van der Waals surface area (Å²) in [4.78, 5) is 25.7. The molecule has 6 heteroatoms. The fourth-order valence-corrected chi connectivity index (χ4v) is 2.89. The van der Waals surface area contributed by atoms with Crippen molar-refractivity contribution in [3.63, 3.8) is 0 Å². The molecule has 0 saturated carbocycles. The van der Waals surface area contributed by atoms with Gasteiger partial charge in [0.1, 0.15) is 17.5 Å². The fourth-order valence-electron chi connectivity index (χ4n) is 2.89. The molecule has 6 nitrogen and oxygen atoms in total. The van der Waals surface area contributed by atoms with Crippen LogP contribution in [-0.4, -0.2) is 32.1 Å². The van der Waals surface area contributed by atoms with Gasteiger partial charge in [-0.15, -0.1) is 0 Å². The zero-order valence-electron chi connectivity index (χ0n) is 17.9. The molecule has 29 heavy (non-hydrogen) atoms. The highest BCUT2D eigenvalue weighted by Gasteiger charge is 2.25. The first-order chi connectivity index (χ1) is 13.7. The Morgan fingerprint density at radius 3 is 2.03 bits per heavy atom. The second-order valence-electron chi connectivity index (χ2n) is 7.57. The molecule has 0 aromatic heterocycles. The number of anilines is 1. The third-order valence-corrected chi connectivity index (χ3v) is 4.67. The smallest absolute Gasteiger partial charge is 0.252 e. The Bertz CT molecular complexity index is 839. The van der Waals surface area contributed by atoms with Crippen molar-refractivity contribution in [3.8, 4) is 11.5 Å². The van der Waals surface area contributed by atoms with Gasteiger partial charge in [-0.3, -0.25) is 9.59 Å². The highest BCUT2D eigenvalue weighted by atomic mass is 16.5. The Balaban J connectivity index is 2.18. The lowest BCUT2D eigenvalue weighted by molar-refractivity contribution is -0.118. The first kappa shape index (κ1) is 22.3. The maximum absolute atomic E-state index is 12.9. The normalized spacial score (nSPS) is 11.9. The highest BCUT2D eigenvalue weighted by Crippen LogP contribution is 2.23. The summed E-state index contributed by atoms with van der Waals surface area (Å²) in [7, 11) is 3.04. The molecular weight excluding hydrogens is 368 g/mol. The number of benzene rings is 2. The van der Waals surface area contributed by atoms with E-state index >= 15 is 0 Å². The van der Waals surface area contributed by atoms with Gasteiger partial charge in [-0.2, -0.15) is 0 Å². The summed E-state index contributed by atoms with van der Waals surface area (Å²) in [6.07, 6.45) is 0. The summed E-state index contributed by atoms with van der Waals surface area (Å²) < 4.78 is 10.4. The van der Waals surface area contributed by atoms with E-state index in [0.29, 0.717) is 28.7 Å². The topological polar surface area (TPSA) is 76.7 Å². The molecule has 0 spiro atoms. The molecule has 1 atom stereocenters. The van der Waals surface area contributed by atoms with Gasteiger partial charge in [-0.25, -0.2) is 0 Å². The van der Waals surface area contributed by atoms with Crippen LogP contribution in [0.5, 0.6) is 11.5 Å². The average molecular weight is 399 g/mol. The van der Waals surface area contributed by atoms with Crippen molar-refractivity contribution >= 4 is 17.5 Å². The summed E-state index contributed by atoms with van der Waals surface area (Å²) in [5, 5.41) is 5.75. The number of carbonyl (C=O) groups excluding carboxylic acids is 2. The maximum atomic E-state index is 12.9. The van der Waals surface area contributed by atoms with Gasteiger partial charge in [-0.1, -0.05) is 39.8 Å². The Morgan fingerprint density at radius 2 is 1.52 bits per heavy atom. The number of amides is 2. The van der Waals surface area contributed by atoms with Gasteiger partial charge < -0.3 is 20.1 Å². The standard InChI is InChI=1S/C23H30N2O4/c1-14(2)16-8-7-9-18(10-16)24-23(27)21(15(3)4)25-22(26)17-11-19(28-5)13-20(12-17)29-6/h7-15,21H,1-6H3,(H,24,27)(H,25,26). The number of carbonyl (C=O) groups is 2. The molecule has 0 aliphatic carbocycles. The van der Waals surface area contributed by atoms with E-state index in [1.54, 1.807) is 18.2 Å². The van der Waals surface area contributed by atoms with Gasteiger partial charge in [0.25, 0.3) is 5.91 Å². The zero-order chi connectivity index (χ0) is 21.6. The lowest BCUT2D eigenvalue weighted by atomic mass is 10.0. The summed E-state index contributed by atoms with van der Waals surface area (Å²) >= 11 is 0. The molecule has 0 heterocycles. The van der Waals surface area contributed by atoms with Crippen LogP contribution in [0, 0.1) is 5.92 Å². The molecule has 156 valence electrons. The van der Waals surface area contributed by atoms with Crippen molar-refractivity contribution in [2.24, 2.45) is 5.92 Å². The Morgan fingerprint density at radius 1 is 0.897 bits per heavy atom. The predicted molar refractivity (Wildman–Crippen MR) is 115 cm³/mol. The van der Waals surface area contributed by atoms with Crippen LogP contribution in [0.2, 0.25) is 0 Å². The summed E-state index contributed by atoms with van der Waals surface area (Å²) in [6, 6.07) is 11.9. The van der Waals surface area contributed by atoms with E-state index in [-0.39, 0.29) is 17.7 Å². The third kappa shape index (κ3) is 5.98. The first-order valence-electron chi connectivity index (χ1n) is 9.70. The van der Waals surface area contributed by atoms with Crippen LogP contribution >= 0.6 is 0 Å². The molecule has 0 radical (unpaired) electrons. The van der Waals surface area contributed by atoms with E-state index in [0.717, 1.165) is 5.56 Å². The van der Waals surface area contributed by atoms with E-state index in [4.69, 9.17) is 9.47 Å². The molecule has 0 saturated heterocycles. The van der Waals surface area contributed by atoms with Crippen LogP contribution in [0.1, 0.15) is 49.5 Å². The highest BCUT2D eigenvalue weighted by molar-refractivity contribution is 6.01. The number of ether oxygens (including phenoxy) is 2. The number of rotatable bonds is 8. The minimum Gasteiger partial charge on any atom is -0.497 e. The van der Waals surface area contributed by atoms with Crippen LogP contribution in [0.15, 0.2) is 42.5 Å². The van der Waals surface area contributed by atoms with Crippen LogP contribution in [0.3, 0.4) is 0 Å². The van der Waals surface area contributed by atoms with Gasteiger partial charge in [-0.05, 0) is 41.7 Å². The molecule has 0 bridgehead atoms. The molecule has 1 unspecified atom stereocenters. The summed E-state index contributed by atoms with van der Waals surface area (Å²) in [5.41, 5.74) is 2.21. The number of nitrogens with one attached hydrogen (secondary N) is 2. The molecule has 2 aromatic carbocycles. The molecule has 2 rings (SSSR count).